The van der Waals surface area contributed by atoms with Crippen LogP contribution in [-0.4, -0.2) is 68.3 Å². The van der Waals surface area contributed by atoms with Gasteiger partial charge < -0.3 is 24.6 Å². The largest absolute Gasteiger partial charge is 0.385 e. The molecule has 4 aromatic rings. The minimum Gasteiger partial charge on any atom is -0.385 e. The molecule has 42 heavy (non-hydrogen) atoms. The van der Waals surface area contributed by atoms with Crippen LogP contribution in [0.3, 0.4) is 0 Å². The first-order valence-corrected chi connectivity index (χ1v) is 15.4. The van der Waals surface area contributed by atoms with Crippen LogP contribution in [-0.2, 0) is 17.8 Å². The molecule has 8 nitrogen and oxygen atoms in total. The summed E-state index contributed by atoms with van der Waals surface area (Å²) in [5, 5.41) is 18.3. The number of amides is 1. The number of rotatable bonds is 9. The Kier molecular flexibility index (Phi) is 10.1. The molecule has 0 radical (unpaired) electrons. The lowest BCUT2D eigenvalue weighted by atomic mass is 9.80. The Morgan fingerprint density at radius 1 is 1.10 bits per heavy atom. The van der Waals surface area contributed by atoms with E-state index in [1.54, 1.807) is 23.9 Å². The Labute approximate surface area is 257 Å². The van der Waals surface area contributed by atoms with Crippen molar-refractivity contribution in [3.63, 3.8) is 0 Å². The highest BCUT2D eigenvalue weighted by molar-refractivity contribution is 7.09. The topological polar surface area (TPSA) is 92.5 Å². The summed E-state index contributed by atoms with van der Waals surface area (Å²) in [7, 11) is 0. The molecular weight excluding hydrogens is 570 g/mol. The Morgan fingerprint density at radius 2 is 1.88 bits per heavy atom. The highest BCUT2D eigenvalue weighted by atomic mass is 35.5. The van der Waals surface area contributed by atoms with Crippen LogP contribution in [0.15, 0.2) is 78.6 Å². The van der Waals surface area contributed by atoms with Gasteiger partial charge in [-0.15, -0.1) is 23.7 Å². The summed E-state index contributed by atoms with van der Waals surface area (Å²) in [5.41, 5.74) is 2.24. The van der Waals surface area contributed by atoms with Crippen LogP contribution >= 0.6 is 23.7 Å². The van der Waals surface area contributed by atoms with Gasteiger partial charge in [-0.05, 0) is 24.8 Å². The molecule has 1 amide bonds. The third-order valence-corrected chi connectivity index (χ3v) is 9.08. The number of piperazine rings is 1. The molecule has 2 N–H and O–H groups in total. The van der Waals surface area contributed by atoms with E-state index < -0.39 is 5.60 Å². The first-order chi connectivity index (χ1) is 20.1. The molecule has 1 saturated carbocycles. The lowest BCUT2D eigenvalue weighted by Crippen LogP contribution is -2.54. The Hall–Kier alpha value is -3.08. The van der Waals surface area contributed by atoms with Gasteiger partial charge in [-0.25, -0.2) is 9.97 Å². The number of imidazole rings is 1. The number of aliphatic hydroxyl groups is 1. The number of hydrogen-bond acceptors (Lipinski definition) is 7. The van der Waals surface area contributed by atoms with E-state index in [-0.39, 0.29) is 37.0 Å². The quantitative estimate of drug-likeness (QED) is 0.273. The van der Waals surface area contributed by atoms with Gasteiger partial charge in [-0.1, -0.05) is 73.5 Å². The highest BCUT2D eigenvalue weighted by Gasteiger charge is 2.42. The summed E-state index contributed by atoms with van der Waals surface area (Å²) in [6.07, 6.45) is 7.63. The van der Waals surface area contributed by atoms with Gasteiger partial charge >= 0.3 is 0 Å². The predicted molar refractivity (Wildman–Crippen MR) is 167 cm³/mol. The zero-order valence-electron chi connectivity index (χ0n) is 23.6. The number of nitrogens with one attached hydrogen (secondary N) is 1. The molecule has 0 spiro atoms. The van der Waals surface area contributed by atoms with Gasteiger partial charge in [0.15, 0.2) is 5.69 Å². The van der Waals surface area contributed by atoms with Crippen molar-refractivity contribution in [3.05, 3.63) is 94.8 Å². The van der Waals surface area contributed by atoms with Crippen molar-refractivity contribution >= 4 is 29.7 Å². The van der Waals surface area contributed by atoms with Crippen molar-refractivity contribution in [2.75, 3.05) is 26.2 Å². The molecule has 0 bridgehead atoms. The predicted octanol–water partition coefficient (Wildman–Crippen LogP) is 5.15. The molecule has 2 aliphatic rings. The second-order valence-corrected chi connectivity index (χ2v) is 12.0. The van der Waals surface area contributed by atoms with Crippen LogP contribution in [0.1, 0.15) is 52.8 Å². The molecule has 222 valence electrons. The molecular formula is C32H38ClN5O3S. The second-order valence-electron chi connectivity index (χ2n) is 11.0. The van der Waals surface area contributed by atoms with E-state index in [0.29, 0.717) is 25.3 Å². The molecule has 1 saturated heterocycles. The fraction of sp³-hybridized carbons (Fsp3) is 0.406. The van der Waals surface area contributed by atoms with Gasteiger partial charge in [-0.2, -0.15) is 0 Å². The monoisotopic (exact) mass is 607 g/mol. The number of halogens is 1. The van der Waals surface area contributed by atoms with Crippen LogP contribution in [0, 0.1) is 0 Å². The van der Waals surface area contributed by atoms with E-state index in [0.717, 1.165) is 55.0 Å². The summed E-state index contributed by atoms with van der Waals surface area (Å²) in [4.78, 5) is 25.3. The van der Waals surface area contributed by atoms with Gasteiger partial charge in [0.2, 0.25) is 0 Å². The van der Waals surface area contributed by atoms with E-state index in [1.807, 2.05) is 63.4 Å². The van der Waals surface area contributed by atoms with Crippen LogP contribution in [0.25, 0.3) is 11.3 Å². The van der Waals surface area contributed by atoms with Crippen molar-refractivity contribution in [1.82, 2.24) is 24.8 Å². The first kappa shape index (κ1) is 30.4. The van der Waals surface area contributed by atoms with E-state index in [4.69, 9.17) is 9.72 Å². The fourth-order valence-electron chi connectivity index (χ4n) is 6.28. The summed E-state index contributed by atoms with van der Waals surface area (Å²) in [5.74, 6) is -0.0654. The number of nitrogens with zero attached hydrogens (tertiary/aromatic N) is 4. The maximum Gasteiger partial charge on any atom is 0.275 e. The van der Waals surface area contributed by atoms with Crippen LogP contribution < -0.4 is 5.32 Å². The number of aromatic nitrogens is 3. The molecule has 6 rings (SSSR count). The SMILES string of the molecule is Cl.O=C(c1ncn(C2CCCCC2(O)COCc2nccs2)c1-c1ccccc1)N1CCNC[C@H]1Cc1ccccc1. The lowest BCUT2D eigenvalue weighted by Gasteiger charge is -2.41. The van der Waals surface area contributed by atoms with Crippen LogP contribution in [0.2, 0.25) is 0 Å². The normalized spacial score (nSPS) is 22.5. The van der Waals surface area contributed by atoms with E-state index in [9.17, 15) is 9.90 Å². The van der Waals surface area contributed by atoms with Gasteiger partial charge in [0, 0.05) is 42.8 Å². The minimum atomic E-state index is -1.08. The zero-order valence-corrected chi connectivity index (χ0v) is 25.2. The number of ether oxygens (including phenoxy) is 1. The molecule has 3 atom stereocenters. The smallest absolute Gasteiger partial charge is 0.275 e. The van der Waals surface area contributed by atoms with Crippen molar-refractivity contribution in [3.8, 4) is 11.3 Å². The molecule has 2 aromatic carbocycles. The molecule has 2 aromatic heterocycles. The average molecular weight is 608 g/mol. The van der Waals surface area contributed by atoms with Crippen LogP contribution in [0.4, 0.5) is 0 Å². The van der Waals surface area contributed by atoms with Crippen molar-refractivity contribution in [2.24, 2.45) is 0 Å². The number of carbonyl (C=O) groups is 1. The lowest BCUT2D eigenvalue weighted by molar-refractivity contribution is -0.103. The number of thiazole rings is 1. The summed E-state index contributed by atoms with van der Waals surface area (Å²) in [6.45, 7) is 2.68. The van der Waals surface area contributed by atoms with Gasteiger partial charge in [0.1, 0.15) is 10.6 Å². The molecule has 3 heterocycles. The maximum absolute atomic E-state index is 14.3. The Morgan fingerprint density at radius 3 is 2.64 bits per heavy atom. The summed E-state index contributed by atoms with van der Waals surface area (Å²) in [6, 6.07) is 20.1. The molecule has 1 aliphatic heterocycles. The van der Waals surface area contributed by atoms with Gasteiger partial charge in [-0.3, -0.25) is 4.79 Å². The first-order valence-electron chi connectivity index (χ1n) is 14.5. The highest BCUT2D eigenvalue weighted by Crippen LogP contribution is 2.41. The van der Waals surface area contributed by atoms with E-state index in [1.165, 1.54) is 5.56 Å². The summed E-state index contributed by atoms with van der Waals surface area (Å²) >= 11 is 1.55. The number of carbonyl (C=O) groups excluding carboxylic acids is 1. The van der Waals surface area contributed by atoms with Crippen molar-refractivity contribution < 1.29 is 14.6 Å². The summed E-state index contributed by atoms with van der Waals surface area (Å²) < 4.78 is 8.06. The van der Waals surface area contributed by atoms with E-state index >= 15 is 0 Å². The number of hydrogen-bond donors (Lipinski definition) is 2. The second kappa shape index (κ2) is 13.9. The molecule has 2 fully saturated rings. The zero-order chi connectivity index (χ0) is 28.1. The molecule has 10 heteroatoms. The Bertz CT molecular complexity index is 1420. The average Bonchev–Trinajstić information content (AvgIpc) is 3.69. The molecule has 1 aliphatic carbocycles. The fourth-order valence-corrected chi connectivity index (χ4v) is 6.83. The van der Waals surface area contributed by atoms with Gasteiger partial charge in [0.25, 0.3) is 5.91 Å². The third kappa shape index (κ3) is 6.61. The molecule has 2 unspecified atom stereocenters. The number of benzene rings is 2. The third-order valence-electron chi connectivity index (χ3n) is 8.32. The van der Waals surface area contributed by atoms with Crippen molar-refractivity contribution in [2.45, 2.75) is 56.4 Å². The van der Waals surface area contributed by atoms with Crippen molar-refractivity contribution in [1.29, 1.82) is 0 Å². The minimum absolute atomic E-state index is 0. The van der Waals surface area contributed by atoms with Crippen LogP contribution in [0.5, 0.6) is 0 Å². The maximum atomic E-state index is 14.3. The standard InChI is InChI=1S/C32H37N5O3S.ClH/c38-31(36-17-15-33-20-26(36)19-24-9-3-1-4-10-24)29-30(25-11-5-2-6-12-25)37(23-35-29)27-13-7-8-14-32(27,39)22-40-21-28-34-16-18-41-28;/h1-6,9-12,16,18,23,26-27,33,39H,7-8,13-15,17,19-22H2;1H/t26-,27?,32?;/m1./s1. The van der Waals surface area contributed by atoms with E-state index in [2.05, 4.69) is 22.4 Å². The van der Waals surface area contributed by atoms with Gasteiger partial charge in [0.05, 0.1) is 31.3 Å². The Balaban J connectivity index is 0.00000353.